The summed E-state index contributed by atoms with van der Waals surface area (Å²) < 4.78 is 16.5. The third-order valence-electron chi connectivity index (χ3n) is 11.7. The summed E-state index contributed by atoms with van der Waals surface area (Å²) in [6, 6.07) is 42.7. The fourth-order valence-corrected chi connectivity index (χ4v) is 8.38. The lowest BCUT2D eigenvalue weighted by Crippen LogP contribution is -2.33. The number of rotatable bonds is 8. The molecule has 4 aromatic carbocycles. The number of hydrogen-bond donors (Lipinski definition) is 0. The molecule has 0 amide bonds. The molecule has 58 heavy (non-hydrogen) atoms. The molecule has 0 aliphatic carbocycles. The predicted octanol–water partition coefficient (Wildman–Crippen LogP) is 9.34. The van der Waals surface area contributed by atoms with E-state index < -0.39 is 0 Å². The molecule has 0 bridgehead atoms. The molecular weight excluding hydrogens is 717 g/mol. The summed E-state index contributed by atoms with van der Waals surface area (Å²) in [5.41, 5.74) is 5.64. The molecule has 7 aliphatic rings. The number of nitrogens with zero attached hydrogens (tertiary/aromatic N) is 4. The van der Waals surface area contributed by atoms with Crippen molar-refractivity contribution in [1.29, 1.82) is 0 Å². The van der Waals surface area contributed by atoms with Crippen molar-refractivity contribution >= 4 is 0 Å². The first-order valence-corrected chi connectivity index (χ1v) is 20.9. The summed E-state index contributed by atoms with van der Waals surface area (Å²) in [7, 11) is 0. The Morgan fingerprint density at radius 3 is 0.948 bits per heavy atom. The number of piperidine rings is 3. The molecule has 314 valence electrons. The van der Waals surface area contributed by atoms with Gasteiger partial charge in [-0.1, -0.05) is 156 Å². The van der Waals surface area contributed by atoms with Gasteiger partial charge in [0, 0.05) is 78.5 Å². The first kappa shape index (κ1) is 45.4. The number of ether oxygens (including phenoxy) is 3. The molecule has 6 atom stereocenters. The maximum Gasteiger partial charge on any atom is 0.0969 e. The number of likely N-dealkylation sites (tertiary alicyclic amines) is 3. The monoisotopic (exact) mass is 789 g/mol. The Morgan fingerprint density at radius 1 is 0.362 bits per heavy atom. The Kier molecular flexibility index (Phi) is 18.2. The fourth-order valence-electron chi connectivity index (χ4n) is 8.38. The highest BCUT2D eigenvalue weighted by atomic mass is 16.6. The van der Waals surface area contributed by atoms with E-state index in [1.165, 1.54) is 74.1 Å². The summed E-state index contributed by atoms with van der Waals surface area (Å²) in [6.07, 6.45) is 12.8. The van der Waals surface area contributed by atoms with Gasteiger partial charge in [0.2, 0.25) is 0 Å². The highest BCUT2D eigenvalue weighted by Crippen LogP contribution is 2.33. The molecule has 7 nitrogen and oxygen atoms in total. The van der Waals surface area contributed by atoms with Crippen LogP contribution in [0.5, 0.6) is 0 Å². The van der Waals surface area contributed by atoms with Gasteiger partial charge in [-0.2, -0.15) is 0 Å². The van der Waals surface area contributed by atoms with Crippen LogP contribution in [0.15, 0.2) is 133 Å². The van der Waals surface area contributed by atoms with E-state index in [1.54, 1.807) is 0 Å². The minimum atomic E-state index is 0. The van der Waals surface area contributed by atoms with Gasteiger partial charge in [0.05, 0.1) is 36.6 Å². The van der Waals surface area contributed by atoms with E-state index in [2.05, 4.69) is 153 Å². The van der Waals surface area contributed by atoms with E-state index in [1.807, 2.05) is 0 Å². The van der Waals surface area contributed by atoms with Crippen LogP contribution in [0.2, 0.25) is 0 Å². The van der Waals surface area contributed by atoms with Gasteiger partial charge in [-0.25, -0.2) is 0 Å². The predicted molar refractivity (Wildman–Crippen MR) is 241 cm³/mol. The summed E-state index contributed by atoms with van der Waals surface area (Å²) >= 11 is 0. The van der Waals surface area contributed by atoms with Crippen LogP contribution in [0.4, 0.5) is 0 Å². The number of fused-ring (bicyclic) bond motifs is 3. The van der Waals surface area contributed by atoms with Crippen molar-refractivity contribution in [2.45, 2.75) is 111 Å². The van der Waals surface area contributed by atoms with Gasteiger partial charge in [-0.3, -0.25) is 19.6 Å². The van der Waals surface area contributed by atoms with E-state index in [0.717, 1.165) is 52.4 Å². The lowest BCUT2D eigenvalue weighted by molar-refractivity contribution is 0.237. The largest absolute Gasteiger partial charge is 0.368 e. The van der Waals surface area contributed by atoms with Crippen molar-refractivity contribution in [3.63, 3.8) is 0 Å². The van der Waals surface area contributed by atoms with Crippen LogP contribution in [0.25, 0.3) is 0 Å². The van der Waals surface area contributed by atoms with Gasteiger partial charge in [-0.15, -0.1) is 0 Å². The molecule has 0 N–H and O–H groups in total. The van der Waals surface area contributed by atoms with Crippen LogP contribution in [0, 0.1) is 0 Å². The van der Waals surface area contributed by atoms with Crippen molar-refractivity contribution in [2.75, 3.05) is 52.4 Å². The van der Waals surface area contributed by atoms with E-state index in [4.69, 9.17) is 14.2 Å². The minimum Gasteiger partial charge on any atom is -0.368 e. The smallest absolute Gasteiger partial charge is 0.0969 e. The average Bonchev–Trinajstić information content (AvgIpc) is 4.14. The Hall–Kier alpha value is -3.66. The van der Waals surface area contributed by atoms with Gasteiger partial charge in [0.1, 0.15) is 0 Å². The molecule has 4 aromatic rings. The van der Waals surface area contributed by atoms with E-state index in [0.29, 0.717) is 36.6 Å². The second-order valence-electron chi connectivity index (χ2n) is 16.1. The van der Waals surface area contributed by atoms with Crippen molar-refractivity contribution in [3.8, 4) is 0 Å². The standard InChI is InChI=1S/3C12H15NO.C12H15N.3CH4/c3*1-2-4-10(5-3-1)8-13-7-6-11-12(9-13)14-11;1-3-7-12(8-4-1)11-13-9-5-2-6-10-13;;;/h3*1-5,11-12H,6-9H2;1-5,7-8H,6,9-11H2;3*1H4. The molecule has 6 fully saturated rings. The Balaban J connectivity index is 0.000000145. The zero-order valence-electron chi connectivity index (χ0n) is 32.5. The first-order valence-electron chi connectivity index (χ1n) is 20.9. The lowest BCUT2D eigenvalue weighted by atomic mass is 10.1. The second kappa shape index (κ2) is 23.2. The zero-order valence-corrected chi connectivity index (χ0v) is 32.5. The number of epoxide rings is 3. The molecule has 6 unspecified atom stereocenters. The SMILES string of the molecule is C.C.C.C1=CCN(Cc2ccccc2)CC1.c1ccc(CN2CCC3OC3C2)cc1.c1ccc(CN2CCC3OC3C2)cc1.c1ccc(CN2CCC3OC3C2)cc1. The molecule has 11 rings (SSSR count). The average molecular weight is 789 g/mol. The maximum absolute atomic E-state index is 5.50. The Bertz CT molecular complexity index is 1570. The van der Waals surface area contributed by atoms with Gasteiger partial charge in [-0.05, 0) is 47.9 Å². The number of hydrogen-bond acceptors (Lipinski definition) is 7. The highest BCUT2D eigenvalue weighted by molar-refractivity contribution is 5.17. The quantitative estimate of drug-likeness (QED) is 0.130. The van der Waals surface area contributed by atoms with Crippen LogP contribution in [0.1, 0.15) is 70.2 Å². The topological polar surface area (TPSA) is 50.6 Å². The van der Waals surface area contributed by atoms with Gasteiger partial charge in [0.25, 0.3) is 0 Å². The Morgan fingerprint density at radius 2 is 0.672 bits per heavy atom. The maximum atomic E-state index is 5.50. The third kappa shape index (κ3) is 14.6. The van der Waals surface area contributed by atoms with Gasteiger partial charge < -0.3 is 14.2 Å². The normalized spacial score (nSPS) is 26.5. The first-order chi connectivity index (χ1) is 27.2. The molecule has 0 radical (unpaired) electrons. The van der Waals surface area contributed by atoms with Gasteiger partial charge >= 0.3 is 0 Å². The lowest BCUT2D eigenvalue weighted by Gasteiger charge is -2.23. The van der Waals surface area contributed by atoms with Crippen LogP contribution in [0.3, 0.4) is 0 Å². The van der Waals surface area contributed by atoms with E-state index in [9.17, 15) is 0 Å². The van der Waals surface area contributed by atoms with E-state index in [-0.39, 0.29) is 22.3 Å². The van der Waals surface area contributed by atoms with Crippen molar-refractivity contribution < 1.29 is 14.2 Å². The van der Waals surface area contributed by atoms with Gasteiger partial charge in [0.15, 0.2) is 0 Å². The zero-order chi connectivity index (χ0) is 37.1. The molecule has 6 saturated heterocycles. The summed E-state index contributed by atoms with van der Waals surface area (Å²) in [5, 5.41) is 0. The third-order valence-corrected chi connectivity index (χ3v) is 11.7. The van der Waals surface area contributed by atoms with Crippen LogP contribution < -0.4 is 0 Å². The van der Waals surface area contributed by atoms with Crippen molar-refractivity contribution in [2.24, 2.45) is 0 Å². The van der Waals surface area contributed by atoms with Crippen LogP contribution in [-0.4, -0.2) is 109 Å². The minimum absolute atomic E-state index is 0. The Labute approximate surface area is 351 Å². The van der Waals surface area contributed by atoms with Crippen LogP contribution in [-0.2, 0) is 40.4 Å². The molecule has 7 heteroatoms. The van der Waals surface area contributed by atoms with Crippen molar-refractivity contribution in [3.05, 3.63) is 156 Å². The molecule has 7 aliphatic heterocycles. The molecule has 7 heterocycles. The highest BCUT2D eigenvalue weighted by Gasteiger charge is 2.44. The number of benzene rings is 4. The summed E-state index contributed by atoms with van der Waals surface area (Å²) in [6.45, 7) is 13.6. The second-order valence-corrected chi connectivity index (χ2v) is 16.1. The van der Waals surface area contributed by atoms with Crippen molar-refractivity contribution in [1.82, 2.24) is 19.6 Å². The fraction of sp³-hybridized carbons (Fsp3) is 0.490. The molecular formula is C51H72N4O3. The molecule has 0 spiro atoms. The summed E-state index contributed by atoms with van der Waals surface area (Å²) in [4.78, 5) is 9.94. The summed E-state index contributed by atoms with van der Waals surface area (Å²) in [5.74, 6) is 0. The van der Waals surface area contributed by atoms with E-state index >= 15 is 0 Å². The molecule has 0 aromatic heterocycles. The molecule has 0 saturated carbocycles. The van der Waals surface area contributed by atoms with Crippen LogP contribution >= 0.6 is 0 Å².